The summed E-state index contributed by atoms with van der Waals surface area (Å²) >= 11 is 0. The van der Waals surface area contributed by atoms with Gasteiger partial charge in [-0.2, -0.15) is 0 Å². The summed E-state index contributed by atoms with van der Waals surface area (Å²) in [6.45, 7) is 2.19. The van der Waals surface area contributed by atoms with E-state index in [0.29, 0.717) is 12.2 Å². The van der Waals surface area contributed by atoms with E-state index in [9.17, 15) is 4.79 Å². The zero-order valence-corrected chi connectivity index (χ0v) is 12.7. The van der Waals surface area contributed by atoms with E-state index in [2.05, 4.69) is 0 Å². The number of hydrogen-bond acceptors (Lipinski definition) is 3. The fourth-order valence-electron chi connectivity index (χ4n) is 2.88. The standard InChI is InChI=1S/C19H18O3/c1-3-22-19(20)17-12-14-11-15(21-2)9-10-16(14)18(17)13-7-5-4-6-8-13/h4-12,18H,3H2,1-2H3. The maximum Gasteiger partial charge on any atom is 0.334 e. The predicted octanol–water partition coefficient (Wildman–Crippen LogP) is 3.79. The molecule has 3 nitrogen and oxygen atoms in total. The summed E-state index contributed by atoms with van der Waals surface area (Å²) in [5.41, 5.74) is 3.88. The molecule has 0 N–H and O–H groups in total. The Hall–Kier alpha value is -2.55. The van der Waals surface area contributed by atoms with Crippen molar-refractivity contribution < 1.29 is 14.3 Å². The third-order valence-electron chi connectivity index (χ3n) is 3.87. The van der Waals surface area contributed by atoms with Crippen LogP contribution in [0.2, 0.25) is 0 Å². The maximum absolute atomic E-state index is 12.3. The van der Waals surface area contributed by atoms with E-state index in [1.165, 1.54) is 0 Å². The maximum atomic E-state index is 12.3. The van der Waals surface area contributed by atoms with Crippen LogP contribution in [0.15, 0.2) is 54.1 Å². The van der Waals surface area contributed by atoms with Gasteiger partial charge in [0.1, 0.15) is 5.75 Å². The van der Waals surface area contributed by atoms with Gasteiger partial charge in [0.15, 0.2) is 0 Å². The van der Waals surface area contributed by atoms with E-state index >= 15 is 0 Å². The molecule has 0 heterocycles. The molecule has 1 aliphatic carbocycles. The van der Waals surface area contributed by atoms with Gasteiger partial charge in [-0.1, -0.05) is 36.4 Å². The molecule has 0 saturated carbocycles. The zero-order valence-electron chi connectivity index (χ0n) is 12.7. The summed E-state index contributed by atoms with van der Waals surface area (Å²) in [4.78, 5) is 12.3. The third-order valence-corrected chi connectivity index (χ3v) is 3.87. The minimum atomic E-state index is -0.258. The van der Waals surface area contributed by atoms with Crippen molar-refractivity contribution in [2.75, 3.05) is 13.7 Å². The number of methoxy groups -OCH3 is 1. The molecule has 2 aromatic rings. The number of esters is 1. The first kappa shape index (κ1) is 14.4. The quantitative estimate of drug-likeness (QED) is 0.805. The Bertz CT molecular complexity index is 717. The van der Waals surface area contributed by atoms with Crippen molar-refractivity contribution in [3.63, 3.8) is 0 Å². The second-order valence-electron chi connectivity index (χ2n) is 5.16. The fraction of sp³-hybridized carbons (Fsp3) is 0.211. The van der Waals surface area contributed by atoms with Crippen LogP contribution in [0.5, 0.6) is 5.75 Å². The van der Waals surface area contributed by atoms with Crippen LogP contribution in [0, 0.1) is 0 Å². The van der Waals surface area contributed by atoms with E-state index in [0.717, 1.165) is 22.4 Å². The van der Waals surface area contributed by atoms with Gasteiger partial charge in [-0.3, -0.25) is 0 Å². The van der Waals surface area contributed by atoms with E-state index in [1.54, 1.807) is 7.11 Å². The van der Waals surface area contributed by atoms with Crippen LogP contribution in [-0.2, 0) is 9.53 Å². The number of ether oxygens (including phenoxy) is 2. The lowest BCUT2D eigenvalue weighted by atomic mass is 9.88. The summed E-state index contributed by atoms with van der Waals surface area (Å²) < 4.78 is 10.5. The Morgan fingerprint density at radius 2 is 1.91 bits per heavy atom. The van der Waals surface area contributed by atoms with Crippen LogP contribution < -0.4 is 4.74 Å². The second-order valence-corrected chi connectivity index (χ2v) is 5.16. The zero-order chi connectivity index (χ0) is 15.5. The topological polar surface area (TPSA) is 35.5 Å². The van der Waals surface area contributed by atoms with Crippen molar-refractivity contribution in [2.24, 2.45) is 0 Å². The van der Waals surface area contributed by atoms with Gasteiger partial charge in [-0.25, -0.2) is 4.79 Å². The second kappa shape index (κ2) is 6.06. The predicted molar refractivity (Wildman–Crippen MR) is 85.9 cm³/mol. The van der Waals surface area contributed by atoms with Crippen molar-refractivity contribution in [2.45, 2.75) is 12.8 Å². The first-order valence-corrected chi connectivity index (χ1v) is 7.36. The third kappa shape index (κ3) is 2.50. The first-order valence-electron chi connectivity index (χ1n) is 7.36. The Balaban J connectivity index is 2.09. The van der Waals surface area contributed by atoms with Crippen LogP contribution in [-0.4, -0.2) is 19.7 Å². The summed E-state index contributed by atoms with van der Waals surface area (Å²) in [6, 6.07) is 15.9. The van der Waals surface area contributed by atoms with Gasteiger partial charge in [-0.15, -0.1) is 0 Å². The van der Waals surface area contributed by atoms with Crippen molar-refractivity contribution in [1.29, 1.82) is 0 Å². The molecule has 0 aliphatic heterocycles. The van der Waals surface area contributed by atoms with Crippen LogP contribution in [0.3, 0.4) is 0 Å². The van der Waals surface area contributed by atoms with Crippen LogP contribution in [0.4, 0.5) is 0 Å². The average molecular weight is 294 g/mol. The molecule has 0 amide bonds. The molecule has 3 rings (SSSR count). The Kier molecular flexibility index (Phi) is 3.96. The monoisotopic (exact) mass is 294 g/mol. The van der Waals surface area contributed by atoms with Gasteiger partial charge in [0.25, 0.3) is 0 Å². The van der Waals surface area contributed by atoms with Gasteiger partial charge in [-0.05, 0) is 41.8 Å². The van der Waals surface area contributed by atoms with E-state index in [1.807, 2.05) is 61.5 Å². The highest BCUT2D eigenvalue weighted by Gasteiger charge is 2.32. The average Bonchev–Trinajstić information content (AvgIpc) is 2.94. The summed E-state index contributed by atoms with van der Waals surface area (Å²) in [7, 11) is 1.64. The molecular weight excluding hydrogens is 276 g/mol. The van der Waals surface area contributed by atoms with Crippen molar-refractivity contribution in [3.8, 4) is 5.75 Å². The van der Waals surface area contributed by atoms with E-state index < -0.39 is 0 Å². The van der Waals surface area contributed by atoms with E-state index in [-0.39, 0.29) is 11.9 Å². The molecule has 0 aromatic heterocycles. The van der Waals surface area contributed by atoms with Crippen molar-refractivity contribution in [1.82, 2.24) is 0 Å². The highest BCUT2D eigenvalue weighted by atomic mass is 16.5. The van der Waals surface area contributed by atoms with Gasteiger partial charge in [0, 0.05) is 11.5 Å². The smallest absolute Gasteiger partial charge is 0.334 e. The van der Waals surface area contributed by atoms with Crippen LogP contribution >= 0.6 is 0 Å². The minimum absolute atomic E-state index is 0.0823. The molecule has 0 fully saturated rings. The molecule has 0 spiro atoms. The van der Waals surface area contributed by atoms with Crippen molar-refractivity contribution >= 4 is 12.0 Å². The molecule has 0 bridgehead atoms. The molecule has 2 aromatic carbocycles. The molecule has 3 heteroatoms. The largest absolute Gasteiger partial charge is 0.497 e. The lowest BCUT2D eigenvalue weighted by molar-refractivity contribution is -0.138. The van der Waals surface area contributed by atoms with Crippen LogP contribution in [0.25, 0.3) is 6.08 Å². The van der Waals surface area contributed by atoms with Crippen molar-refractivity contribution in [3.05, 3.63) is 70.8 Å². The minimum Gasteiger partial charge on any atom is -0.497 e. The number of hydrogen-bond donors (Lipinski definition) is 0. The Labute approximate surface area is 130 Å². The van der Waals surface area contributed by atoms with Gasteiger partial charge in [0.2, 0.25) is 0 Å². The van der Waals surface area contributed by atoms with E-state index in [4.69, 9.17) is 9.47 Å². The molecule has 22 heavy (non-hydrogen) atoms. The normalized spacial score (nSPS) is 15.9. The van der Waals surface area contributed by atoms with Gasteiger partial charge < -0.3 is 9.47 Å². The molecule has 1 aliphatic rings. The number of carbonyl (C=O) groups is 1. The fourth-order valence-corrected chi connectivity index (χ4v) is 2.88. The molecule has 0 saturated heterocycles. The molecule has 112 valence electrons. The number of fused-ring (bicyclic) bond motifs is 1. The van der Waals surface area contributed by atoms with Crippen LogP contribution in [0.1, 0.15) is 29.5 Å². The summed E-state index contributed by atoms with van der Waals surface area (Å²) in [6.07, 6.45) is 1.91. The molecule has 1 atom stereocenters. The summed E-state index contributed by atoms with van der Waals surface area (Å²) in [5.74, 6) is 0.444. The lowest BCUT2D eigenvalue weighted by Gasteiger charge is -2.16. The Morgan fingerprint density at radius 1 is 1.14 bits per heavy atom. The SMILES string of the molecule is CCOC(=O)C1=Cc2cc(OC)ccc2C1c1ccccc1. The number of benzene rings is 2. The number of rotatable bonds is 4. The first-order chi connectivity index (χ1) is 10.7. The highest BCUT2D eigenvalue weighted by Crippen LogP contribution is 2.42. The molecule has 0 radical (unpaired) electrons. The highest BCUT2D eigenvalue weighted by molar-refractivity contribution is 5.99. The number of carbonyl (C=O) groups excluding carboxylic acids is 1. The molecular formula is C19H18O3. The summed E-state index contributed by atoms with van der Waals surface area (Å²) in [5, 5.41) is 0. The van der Waals surface area contributed by atoms with Gasteiger partial charge in [0.05, 0.1) is 13.7 Å². The molecule has 1 unspecified atom stereocenters. The Morgan fingerprint density at radius 3 is 2.59 bits per heavy atom. The lowest BCUT2D eigenvalue weighted by Crippen LogP contribution is -2.13. The van der Waals surface area contributed by atoms with Gasteiger partial charge >= 0.3 is 5.97 Å².